The fourth-order valence-corrected chi connectivity index (χ4v) is 3.62. The van der Waals surface area contributed by atoms with Crippen LogP contribution in [0.25, 0.3) is 11.3 Å². The van der Waals surface area contributed by atoms with E-state index < -0.39 is 0 Å². The van der Waals surface area contributed by atoms with E-state index >= 15 is 0 Å². The van der Waals surface area contributed by atoms with Crippen molar-refractivity contribution >= 4 is 23.2 Å². The number of nitrogens with zero attached hydrogens (tertiary/aromatic N) is 3. The van der Waals surface area contributed by atoms with Crippen molar-refractivity contribution in [3.05, 3.63) is 69.8 Å². The first kappa shape index (κ1) is 20.8. The van der Waals surface area contributed by atoms with Crippen LogP contribution in [-0.4, -0.2) is 21.5 Å². The van der Waals surface area contributed by atoms with E-state index in [4.69, 9.17) is 33.4 Å². The van der Waals surface area contributed by atoms with Crippen molar-refractivity contribution in [3.8, 4) is 11.3 Å². The first-order valence-corrected chi connectivity index (χ1v) is 10.6. The lowest BCUT2D eigenvalue weighted by molar-refractivity contribution is 0.565. The van der Waals surface area contributed by atoms with Gasteiger partial charge in [0.1, 0.15) is 11.4 Å². The number of hydrogen-bond acceptors (Lipinski definition) is 3. The number of unbranched alkanes of at least 4 members (excludes halogenated alkanes) is 3. The Morgan fingerprint density at radius 1 is 0.893 bits per heavy atom. The Morgan fingerprint density at radius 3 is 2.36 bits per heavy atom. The summed E-state index contributed by atoms with van der Waals surface area (Å²) in [5.74, 6) is 0. The van der Waals surface area contributed by atoms with Crippen LogP contribution in [-0.2, 0) is 13.1 Å². The van der Waals surface area contributed by atoms with Gasteiger partial charge >= 0.3 is 0 Å². The summed E-state index contributed by atoms with van der Waals surface area (Å²) >= 11 is 12.6. The summed E-state index contributed by atoms with van der Waals surface area (Å²) in [5, 5.41) is 14.2. The zero-order valence-corrected chi connectivity index (χ0v) is 17.7. The molecule has 3 aromatic rings. The van der Waals surface area contributed by atoms with Gasteiger partial charge in [0.15, 0.2) is 0 Å². The molecule has 148 valence electrons. The maximum Gasteiger partial charge on any atom is 0.117 e. The van der Waals surface area contributed by atoms with Crippen LogP contribution in [0.1, 0.15) is 43.9 Å². The largest absolute Gasteiger partial charge is 0.311 e. The van der Waals surface area contributed by atoms with Gasteiger partial charge in [-0.15, -0.1) is 0 Å². The number of benzene rings is 2. The van der Waals surface area contributed by atoms with E-state index in [9.17, 15) is 0 Å². The normalized spacial score (nSPS) is 11.1. The van der Waals surface area contributed by atoms with Gasteiger partial charge < -0.3 is 5.32 Å². The maximum absolute atomic E-state index is 6.32. The van der Waals surface area contributed by atoms with Crippen LogP contribution >= 0.6 is 23.2 Å². The fraction of sp³-hybridized carbons (Fsp3) is 0.364. The number of aromatic nitrogens is 3. The second-order valence-electron chi connectivity index (χ2n) is 6.83. The molecule has 1 aromatic heterocycles. The van der Waals surface area contributed by atoms with E-state index in [0.29, 0.717) is 23.1 Å². The molecule has 1 N–H and O–H groups in total. The molecule has 4 nitrogen and oxygen atoms in total. The average molecular weight is 417 g/mol. The highest BCUT2D eigenvalue weighted by molar-refractivity contribution is 6.35. The Bertz CT molecular complexity index is 857. The van der Waals surface area contributed by atoms with Crippen molar-refractivity contribution in [1.82, 2.24) is 20.3 Å². The molecule has 0 fully saturated rings. The van der Waals surface area contributed by atoms with Gasteiger partial charge in [-0.2, -0.15) is 15.0 Å². The summed E-state index contributed by atoms with van der Waals surface area (Å²) < 4.78 is 0. The van der Waals surface area contributed by atoms with Crippen LogP contribution < -0.4 is 5.32 Å². The standard InChI is InChI=1S/C22H26Cl2N4/c1-2-3-4-8-14-25-15-21-22(17-10-6-5-7-11-17)27-28(26-21)16-18-19(23)12-9-13-20(18)24/h5-7,9-13,25H,2-4,8,14-16H2,1H3. The average Bonchev–Trinajstić information content (AvgIpc) is 3.11. The van der Waals surface area contributed by atoms with Crippen LogP contribution in [0.3, 0.4) is 0 Å². The molecule has 0 unspecified atom stereocenters. The molecule has 3 rings (SSSR count). The van der Waals surface area contributed by atoms with Crippen LogP contribution in [0.4, 0.5) is 0 Å². The summed E-state index contributed by atoms with van der Waals surface area (Å²) in [6, 6.07) is 15.7. The zero-order valence-electron chi connectivity index (χ0n) is 16.2. The van der Waals surface area contributed by atoms with Gasteiger partial charge in [-0.1, -0.05) is 85.8 Å². The molecule has 0 saturated heterocycles. The van der Waals surface area contributed by atoms with Crippen LogP contribution in [0.2, 0.25) is 10.0 Å². The SMILES string of the molecule is CCCCCCNCc1nn(Cc2c(Cl)cccc2Cl)nc1-c1ccccc1. The number of hydrogen-bond donors (Lipinski definition) is 1. The predicted molar refractivity (Wildman–Crippen MR) is 117 cm³/mol. The fourth-order valence-electron chi connectivity index (χ4n) is 3.10. The Kier molecular flexibility index (Phi) is 7.90. The van der Waals surface area contributed by atoms with Gasteiger partial charge in [0, 0.05) is 27.7 Å². The molecule has 2 aromatic carbocycles. The molecule has 0 aliphatic heterocycles. The van der Waals surface area contributed by atoms with Gasteiger partial charge in [0.2, 0.25) is 0 Å². The highest BCUT2D eigenvalue weighted by Gasteiger charge is 2.15. The van der Waals surface area contributed by atoms with Gasteiger partial charge in [0.05, 0.1) is 6.54 Å². The first-order chi connectivity index (χ1) is 13.7. The van der Waals surface area contributed by atoms with E-state index in [1.807, 2.05) is 36.4 Å². The maximum atomic E-state index is 6.32. The summed E-state index contributed by atoms with van der Waals surface area (Å²) in [5.41, 5.74) is 3.72. The summed E-state index contributed by atoms with van der Waals surface area (Å²) in [6.45, 7) is 4.34. The lowest BCUT2D eigenvalue weighted by atomic mass is 10.1. The molecule has 0 amide bonds. The van der Waals surface area contributed by atoms with Crippen LogP contribution in [0.15, 0.2) is 48.5 Å². The molecule has 28 heavy (non-hydrogen) atoms. The quantitative estimate of drug-likeness (QED) is 0.413. The zero-order chi connectivity index (χ0) is 19.8. The van der Waals surface area contributed by atoms with E-state index in [1.165, 1.54) is 25.7 Å². The third-order valence-corrected chi connectivity index (χ3v) is 5.34. The van der Waals surface area contributed by atoms with E-state index in [0.717, 1.165) is 29.1 Å². The monoisotopic (exact) mass is 416 g/mol. The topological polar surface area (TPSA) is 42.7 Å². The Balaban J connectivity index is 1.77. The van der Waals surface area contributed by atoms with Gasteiger partial charge in [-0.25, -0.2) is 0 Å². The van der Waals surface area contributed by atoms with E-state index in [1.54, 1.807) is 4.80 Å². The lowest BCUT2D eigenvalue weighted by Crippen LogP contribution is -2.16. The molecule has 1 heterocycles. The molecule has 0 spiro atoms. The van der Waals surface area contributed by atoms with Gasteiger partial charge in [-0.3, -0.25) is 0 Å². The molecule has 6 heteroatoms. The third kappa shape index (κ3) is 5.57. The minimum absolute atomic E-state index is 0.439. The minimum Gasteiger partial charge on any atom is -0.311 e. The first-order valence-electron chi connectivity index (χ1n) is 9.82. The predicted octanol–water partition coefficient (Wildman–Crippen LogP) is 5.97. The Hall–Kier alpha value is -1.88. The highest BCUT2D eigenvalue weighted by atomic mass is 35.5. The summed E-state index contributed by atoms with van der Waals surface area (Å²) in [4.78, 5) is 1.68. The molecule has 0 radical (unpaired) electrons. The minimum atomic E-state index is 0.439. The molecular weight excluding hydrogens is 391 g/mol. The van der Waals surface area contributed by atoms with Crippen molar-refractivity contribution in [2.75, 3.05) is 6.54 Å². The number of nitrogens with one attached hydrogen (secondary N) is 1. The van der Waals surface area contributed by atoms with Crippen molar-refractivity contribution in [2.45, 2.75) is 45.7 Å². The lowest BCUT2D eigenvalue weighted by Gasteiger charge is -2.05. The number of halogens is 2. The van der Waals surface area contributed by atoms with Crippen molar-refractivity contribution in [3.63, 3.8) is 0 Å². The number of rotatable bonds is 10. The summed E-state index contributed by atoms with van der Waals surface area (Å²) in [6.07, 6.45) is 4.97. The van der Waals surface area contributed by atoms with Gasteiger partial charge in [-0.05, 0) is 25.1 Å². The highest BCUT2D eigenvalue weighted by Crippen LogP contribution is 2.26. The van der Waals surface area contributed by atoms with E-state index in [2.05, 4.69) is 24.4 Å². The molecule has 0 saturated carbocycles. The van der Waals surface area contributed by atoms with Crippen LogP contribution in [0, 0.1) is 0 Å². The van der Waals surface area contributed by atoms with E-state index in [-0.39, 0.29) is 0 Å². The molecule has 0 aliphatic carbocycles. The van der Waals surface area contributed by atoms with Crippen molar-refractivity contribution in [1.29, 1.82) is 0 Å². The third-order valence-electron chi connectivity index (χ3n) is 4.63. The Morgan fingerprint density at radius 2 is 1.64 bits per heavy atom. The molecular formula is C22H26Cl2N4. The second-order valence-corrected chi connectivity index (χ2v) is 7.64. The molecule has 0 atom stereocenters. The second kappa shape index (κ2) is 10.6. The molecule has 0 aliphatic rings. The van der Waals surface area contributed by atoms with Gasteiger partial charge in [0.25, 0.3) is 0 Å². The molecule has 0 bridgehead atoms. The van der Waals surface area contributed by atoms with Crippen molar-refractivity contribution < 1.29 is 0 Å². The summed E-state index contributed by atoms with van der Waals surface area (Å²) in [7, 11) is 0. The van der Waals surface area contributed by atoms with Crippen LogP contribution in [0.5, 0.6) is 0 Å². The Labute approximate surface area is 176 Å². The van der Waals surface area contributed by atoms with Crippen molar-refractivity contribution in [2.24, 2.45) is 0 Å². The smallest absolute Gasteiger partial charge is 0.117 e.